The number of Topliss-reactive ketones (excluding diaryl/α,β-unsaturated/α-hetero) is 1. The number of fused-ring (bicyclic) bond motifs is 1. The van der Waals surface area contributed by atoms with Crippen LogP contribution in [0, 0.1) is 5.92 Å². The minimum Gasteiger partial charge on any atom is -0.449 e. The molecule has 1 aliphatic heterocycles. The number of benzene rings is 2. The van der Waals surface area contributed by atoms with Crippen LogP contribution in [-0.2, 0) is 4.74 Å². The van der Waals surface area contributed by atoms with Crippen molar-refractivity contribution in [2.45, 2.75) is 19.3 Å². The largest absolute Gasteiger partial charge is 0.449 e. The Labute approximate surface area is 192 Å². The standard InChI is InChI=1S/C25H26ClN3O3/c26-21-6-4-18(5-7-21)24(30)19-10-14-29(15-11-19)13-2-16-32-25(31)28-22-8-9-23-20(17-22)3-1-12-27-23/h1,3-9,12,17,19H,2,10-11,13-16H2,(H,28,31). The molecule has 0 saturated carbocycles. The maximum Gasteiger partial charge on any atom is 0.411 e. The van der Waals surface area contributed by atoms with E-state index in [0.717, 1.165) is 55.4 Å². The normalized spacial score (nSPS) is 14.9. The summed E-state index contributed by atoms with van der Waals surface area (Å²) in [5, 5.41) is 4.36. The van der Waals surface area contributed by atoms with E-state index in [1.54, 1.807) is 30.5 Å². The molecule has 1 aromatic heterocycles. The predicted octanol–water partition coefficient (Wildman–Crippen LogP) is 5.42. The lowest BCUT2D eigenvalue weighted by Crippen LogP contribution is -2.37. The number of ether oxygens (including phenoxy) is 1. The van der Waals surface area contributed by atoms with E-state index in [9.17, 15) is 9.59 Å². The van der Waals surface area contributed by atoms with E-state index in [0.29, 0.717) is 17.3 Å². The maximum absolute atomic E-state index is 12.6. The summed E-state index contributed by atoms with van der Waals surface area (Å²) in [7, 11) is 0. The summed E-state index contributed by atoms with van der Waals surface area (Å²) in [6.07, 6.45) is 3.73. The van der Waals surface area contributed by atoms with Crippen LogP contribution in [0.15, 0.2) is 60.8 Å². The van der Waals surface area contributed by atoms with Gasteiger partial charge in [-0.25, -0.2) is 4.79 Å². The number of anilines is 1. The fraction of sp³-hybridized carbons (Fsp3) is 0.320. The fourth-order valence-corrected chi connectivity index (χ4v) is 4.15. The molecule has 1 fully saturated rings. The van der Waals surface area contributed by atoms with Crippen LogP contribution < -0.4 is 5.32 Å². The summed E-state index contributed by atoms with van der Waals surface area (Å²) < 4.78 is 5.32. The number of halogens is 1. The van der Waals surface area contributed by atoms with Crippen LogP contribution in [0.2, 0.25) is 5.02 Å². The molecule has 3 aromatic rings. The SMILES string of the molecule is O=C(Nc1ccc2ncccc2c1)OCCCN1CCC(C(=O)c2ccc(Cl)cc2)CC1. The molecule has 1 amide bonds. The van der Waals surface area contributed by atoms with E-state index in [4.69, 9.17) is 16.3 Å². The van der Waals surface area contributed by atoms with Gasteiger partial charge in [0.05, 0.1) is 12.1 Å². The number of aromatic nitrogens is 1. The molecule has 0 spiro atoms. The Kier molecular flexibility index (Phi) is 7.35. The van der Waals surface area contributed by atoms with Crippen molar-refractivity contribution in [1.82, 2.24) is 9.88 Å². The topological polar surface area (TPSA) is 71.5 Å². The Bertz CT molecular complexity index is 1080. The molecule has 7 heteroatoms. The quantitative estimate of drug-likeness (QED) is 0.383. The summed E-state index contributed by atoms with van der Waals surface area (Å²) in [5.74, 6) is 0.261. The van der Waals surface area contributed by atoms with Crippen molar-refractivity contribution in [3.63, 3.8) is 0 Å². The first-order chi connectivity index (χ1) is 15.6. The molecule has 1 aliphatic rings. The fourth-order valence-electron chi connectivity index (χ4n) is 4.03. The van der Waals surface area contributed by atoms with Gasteiger partial charge in [-0.15, -0.1) is 0 Å². The first kappa shape index (κ1) is 22.2. The van der Waals surface area contributed by atoms with Gasteiger partial charge in [-0.1, -0.05) is 17.7 Å². The molecule has 1 saturated heterocycles. The number of piperidine rings is 1. The maximum atomic E-state index is 12.6. The van der Waals surface area contributed by atoms with Crippen LogP contribution in [0.4, 0.5) is 10.5 Å². The van der Waals surface area contributed by atoms with E-state index in [1.165, 1.54) is 0 Å². The number of nitrogens with one attached hydrogen (secondary N) is 1. The van der Waals surface area contributed by atoms with Gasteiger partial charge in [-0.05, 0) is 80.9 Å². The third kappa shape index (κ3) is 5.84. The van der Waals surface area contributed by atoms with Gasteiger partial charge in [0.1, 0.15) is 0 Å². The lowest BCUT2D eigenvalue weighted by atomic mass is 9.89. The Morgan fingerprint density at radius 3 is 2.66 bits per heavy atom. The number of hydrogen-bond donors (Lipinski definition) is 1. The monoisotopic (exact) mass is 451 g/mol. The molecule has 0 radical (unpaired) electrons. The molecule has 0 unspecified atom stereocenters. The van der Waals surface area contributed by atoms with Gasteiger partial charge in [0.15, 0.2) is 5.78 Å². The molecule has 166 valence electrons. The van der Waals surface area contributed by atoms with Crippen molar-refractivity contribution in [3.05, 3.63) is 71.4 Å². The average molecular weight is 452 g/mol. The molecule has 6 nitrogen and oxygen atoms in total. The van der Waals surface area contributed by atoms with Gasteiger partial charge in [-0.2, -0.15) is 0 Å². The number of pyridine rings is 1. The number of nitrogens with zero attached hydrogens (tertiary/aromatic N) is 2. The second kappa shape index (κ2) is 10.6. The van der Waals surface area contributed by atoms with Crippen molar-refractivity contribution in [3.8, 4) is 0 Å². The highest BCUT2D eigenvalue weighted by atomic mass is 35.5. The first-order valence-corrected chi connectivity index (χ1v) is 11.3. The van der Waals surface area contributed by atoms with Crippen LogP contribution in [0.1, 0.15) is 29.6 Å². The van der Waals surface area contributed by atoms with Crippen LogP contribution in [-0.4, -0.2) is 48.0 Å². The van der Waals surface area contributed by atoms with Crippen LogP contribution in [0.25, 0.3) is 10.9 Å². The molecule has 0 bridgehead atoms. The molecule has 2 heterocycles. The number of carbonyl (C=O) groups excluding carboxylic acids is 2. The zero-order chi connectivity index (χ0) is 22.3. The summed E-state index contributed by atoms with van der Waals surface area (Å²) >= 11 is 5.91. The zero-order valence-corrected chi connectivity index (χ0v) is 18.6. The second-order valence-corrected chi connectivity index (χ2v) is 8.45. The number of carbonyl (C=O) groups is 2. The van der Waals surface area contributed by atoms with Crippen molar-refractivity contribution in [1.29, 1.82) is 0 Å². The number of hydrogen-bond acceptors (Lipinski definition) is 5. The van der Waals surface area contributed by atoms with E-state index in [2.05, 4.69) is 15.2 Å². The number of rotatable bonds is 7. The van der Waals surface area contributed by atoms with Gasteiger partial charge >= 0.3 is 6.09 Å². The molecular weight excluding hydrogens is 426 g/mol. The molecule has 32 heavy (non-hydrogen) atoms. The Balaban J connectivity index is 1.14. The van der Waals surface area contributed by atoms with Gasteiger partial charge in [-0.3, -0.25) is 15.1 Å². The summed E-state index contributed by atoms with van der Waals surface area (Å²) in [6.45, 7) is 2.95. The number of likely N-dealkylation sites (tertiary alicyclic amines) is 1. The van der Waals surface area contributed by atoms with Gasteiger partial charge in [0.2, 0.25) is 0 Å². The minimum atomic E-state index is -0.458. The lowest BCUT2D eigenvalue weighted by molar-refractivity contribution is 0.0830. The van der Waals surface area contributed by atoms with Crippen molar-refractivity contribution in [2.24, 2.45) is 5.92 Å². The highest BCUT2D eigenvalue weighted by molar-refractivity contribution is 6.30. The van der Waals surface area contributed by atoms with Gasteiger partial charge < -0.3 is 9.64 Å². The van der Waals surface area contributed by atoms with Crippen molar-refractivity contribution in [2.75, 3.05) is 31.6 Å². The van der Waals surface area contributed by atoms with Crippen LogP contribution in [0.3, 0.4) is 0 Å². The molecule has 0 aliphatic carbocycles. The molecule has 2 aromatic carbocycles. The van der Waals surface area contributed by atoms with Gasteiger partial charge in [0, 0.05) is 40.3 Å². The van der Waals surface area contributed by atoms with Crippen molar-refractivity contribution >= 4 is 40.1 Å². The second-order valence-electron chi connectivity index (χ2n) is 8.01. The Morgan fingerprint density at radius 1 is 1.09 bits per heavy atom. The number of ketones is 1. The molecular formula is C25H26ClN3O3. The smallest absolute Gasteiger partial charge is 0.411 e. The van der Waals surface area contributed by atoms with E-state index in [-0.39, 0.29) is 11.7 Å². The molecule has 1 N–H and O–H groups in total. The zero-order valence-electron chi connectivity index (χ0n) is 17.8. The van der Waals surface area contributed by atoms with Gasteiger partial charge in [0.25, 0.3) is 0 Å². The Hall–Kier alpha value is -2.96. The Morgan fingerprint density at radius 2 is 1.88 bits per heavy atom. The lowest BCUT2D eigenvalue weighted by Gasteiger charge is -2.31. The third-order valence-electron chi connectivity index (χ3n) is 5.79. The van der Waals surface area contributed by atoms with E-state index >= 15 is 0 Å². The molecule has 0 atom stereocenters. The number of amides is 1. The van der Waals surface area contributed by atoms with E-state index in [1.807, 2.05) is 30.3 Å². The third-order valence-corrected chi connectivity index (χ3v) is 6.04. The minimum absolute atomic E-state index is 0.0617. The first-order valence-electron chi connectivity index (χ1n) is 10.9. The van der Waals surface area contributed by atoms with Crippen LogP contribution >= 0.6 is 11.6 Å². The summed E-state index contributed by atoms with van der Waals surface area (Å²) in [4.78, 5) is 31.3. The summed E-state index contributed by atoms with van der Waals surface area (Å²) in [5.41, 5.74) is 2.29. The van der Waals surface area contributed by atoms with E-state index < -0.39 is 6.09 Å². The molecule has 4 rings (SSSR count). The van der Waals surface area contributed by atoms with Crippen molar-refractivity contribution < 1.29 is 14.3 Å². The highest BCUT2D eigenvalue weighted by Crippen LogP contribution is 2.23. The summed E-state index contributed by atoms with van der Waals surface area (Å²) in [6, 6.07) is 16.5. The highest BCUT2D eigenvalue weighted by Gasteiger charge is 2.25. The predicted molar refractivity (Wildman–Crippen MR) is 126 cm³/mol. The average Bonchev–Trinajstić information content (AvgIpc) is 2.82. The van der Waals surface area contributed by atoms with Crippen LogP contribution in [0.5, 0.6) is 0 Å².